The van der Waals surface area contributed by atoms with Crippen molar-refractivity contribution in [3.63, 3.8) is 0 Å². The first-order valence-electron chi connectivity index (χ1n) is 6.18. The van der Waals surface area contributed by atoms with Crippen LogP contribution in [-0.4, -0.2) is 0 Å². The van der Waals surface area contributed by atoms with E-state index in [1.165, 1.54) is 19.3 Å². The quantitative estimate of drug-likeness (QED) is 0.564. The lowest BCUT2D eigenvalue weighted by Gasteiger charge is -2.54. The van der Waals surface area contributed by atoms with Crippen LogP contribution in [0.25, 0.3) is 0 Å². The zero-order valence-corrected chi connectivity index (χ0v) is 11.6. The molecule has 0 aromatic carbocycles. The van der Waals surface area contributed by atoms with Gasteiger partial charge in [0.1, 0.15) is 0 Å². The van der Waals surface area contributed by atoms with E-state index in [9.17, 15) is 0 Å². The van der Waals surface area contributed by atoms with Crippen molar-refractivity contribution in [3.8, 4) is 0 Å². The first-order valence-corrected chi connectivity index (χ1v) is 6.18. The van der Waals surface area contributed by atoms with E-state index in [4.69, 9.17) is 0 Å². The molecule has 0 nitrogen and oxygen atoms in total. The maximum atomic E-state index is 2.47. The van der Waals surface area contributed by atoms with Gasteiger partial charge in [-0.3, -0.25) is 0 Å². The van der Waals surface area contributed by atoms with Gasteiger partial charge in [0.25, 0.3) is 0 Å². The van der Waals surface area contributed by atoms with E-state index in [1.807, 2.05) is 0 Å². The Hall–Kier alpha value is 0. The van der Waals surface area contributed by atoms with Crippen molar-refractivity contribution in [1.82, 2.24) is 0 Å². The van der Waals surface area contributed by atoms with E-state index in [0.717, 1.165) is 0 Å². The fourth-order valence-corrected chi connectivity index (χ4v) is 2.65. The molecule has 0 atom stereocenters. The minimum atomic E-state index is 0.432. The van der Waals surface area contributed by atoms with Gasteiger partial charge in [0.05, 0.1) is 0 Å². The molecule has 0 aliphatic carbocycles. The fraction of sp³-hybridized carbons (Fsp3) is 1.00. The number of rotatable bonds is 5. The Morgan fingerprint density at radius 2 is 0.857 bits per heavy atom. The Balaban J connectivity index is 5.18. The van der Waals surface area contributed by atoms with Gasteiger partial charge >= 0.3 is 0 Å². The van der Waals surface area contributed by atoms with Gasteiger partial charge in [-0.05, 0) is 22.7 Å². The van der Waals surface area contributed by atoms with Gasteiger partial charge in [0, 0.05) is 0 Å². The number of hydrogen-bond donors (Lipinski definition) is 0. The fourth-order valence-electron chi connectivity index (χ4n) is 2.65. The topological polar surface area (TPSA) is 0 Å². The molecule has 0 unspecified atom stereocenters. The van der Waals surface area contributed by atoms with Crippen molar-refractivity contribution >= 4 is 0 Å². The molecule has 0 bridgehead atoms. The molecule has 0 radical (unpaired) electrons. The molecule has 0 aromatic rings. The van der Waals surface area contributed by atoms with Crippen LogP contribution in [0, 0.1) is 16.2 Å². The Morgan fingerprint density at radius 1 is 0.571 bits per heavy atom. The predicted octanol–water partition coefficient (Wildman–Crippen LogP) is 5.28. The van der Waals surface area contributed by atoms with Crippen molar-refractivity contribution in [3.05, 3.63) is 0 Å². The summed E-state index contributed by atoms with van der Waals surface area (Å²) in [6.07, 6.45) is 3.80. The molecule has 0 saturated heterocycles. The summed E-state index contributed by atoms with van der Waals surface area (Å²) in [7, 11) is 0. The van der Waals surface area contributed by atoms with Crippen LogP contribution in [-0.2, 0) is 0 Å². The molecule has 0 N–H and O–H groups in total. The standard InChI is InChI=1S/C14H30/c1-9-12(4,5)14(8,11-3)13(6,7)10-2/h9-11H2,1-8H3. The molecule has 0 amide bonds. The minimum absolute atomic E-state index is 0.432. The molecule has 0 aliphatic rings. The molecule has 0 saturated carbocycles. The summed E-state index contributed by atoms with van der Waals surface area (Å²) in [6, 6.07) is 0. The monoisotopic (exact) mass is 198 g/mol. The Labute approximate surface area is 91.5 Å². The zero-order valence-electron chi connectivity index (χ0n) is 11.6. The van der Waals surface area contributed by atoms with Crippen LogP contribution in [0.3, 0.4) is 0 Å². The van der Waals surface area contributed by atoms with Gasteiger partial charge in [0.15, 0.2) is 0 Å². The highest BCUT2D eigenvalue weighted by Crippen LogP contribution is 2.56. The van der Waals surface area contributed by atoms with Crippen LogP contribution in [0.4, 0.5) is 0 Å². The van der Waals surface area contributed by atoms with Gasteiger partial charge in [-0.2, -0.15) is 0 Å². The van der Waals surface area contributed by atoms with Crippen LogP contribution >= 0.6 is 0 Å². The highest BCUT2D eigenvalue weighted by atomic mass is 14.5. The van der Waals surface area contributed by atoms with Gasteiger partial charge in [0.2, 0.25) is 0 Å². The molecule has 0 rings (SSSR count). The third kappa shape index (κ3) is 1.99. The Bertz CT molecular complexity index is 158. The van der Waals surface area contributed by atoms with Crippen LogP contribution in [0.15, 0.2) is 0 Å². The third-order valence-electron chi connectivity index (χ3n) is 5.46. The highest BCUT2D eigenvalue weighted by molar-refractivity contribution is 4.97. The molecule has 0 aliphatic heterocycles. The normalized spacial score (nSPS) is 14.6. The lowest BCUT2D eigenvalue weighted by Crippen LogP contribution is -2.45. The van der Waals surface area contributed by atoms with Gasteiger partial charge in [-0.25, -0.2) is 0 Å². The predicted molar refractivity (Wildman–Crippen MR) is 66.5 cm³/mol. The van der Waals surface area contributed by atoms with E-state index < -0.39 is 0 Å². The van der Waals surface area contributed by atoms with E-state index in [0.29, 0.717) is 16.2 Å². The largest absolute Gasteiger partial charge is 0.0649 e. The van der Waals surface area contributed by atoms with E-state index in [-0.39, 0.29) is 0 Å². The zero-order chi connectivity index (χ0) is 11.6. The summed E-state index contributed by atoms with van der Waals surface area (Å²) < 4.78 is 0. The van der Waals surface area contributed by atoms with Gasteiger partial charge in [-0.1, -0.05) is 68.2 Å². The average molecular weight is 198 g/mol. The summed E-state index contributed by atoms with van der Waals surface area (Å²) in [5, 5.41) is 0. The van der Waals surface area contributed by atoms with E-state index >= 15 is 0 Å². The lowest BCUT2D eigenvalue weighted by atomic mass is 9.51. The third-order valence-corrected chi connectivity index (χ3v) is 5.46. The molecule has 0 heterocycles. The van der Waals surface area contributed by atoms with Crippen LogP contribution in [0.2, 0.25) is 0 Å². The van der Waals surface area contributed by atoms with Crippen LogP contribution in [0.5, 0.6) is 0 Å². The molecule has 14 heavy (non-hydrogen) atoms. The second-order valence-corrected chi connectivity index (χ2v) is 6.16. The Kier molecular flexibility index (Phi) is 4.24. The highest BCUT2D eigenvalue weighted by Gasteiger charge is 2.47. The van der Waals surface area contributed by atoms with E-state index in [2.05, 4.69) is 55.4 Å². The van der Waals surface area contributed by atoms with Crippen molar-refractivity contribution in [2.75, 3.05) is 0 Å². The van der Waals surface area contributed by atoms with Crippen molar-refractivity contribution in [2.45, 2.75) is 74.7 Å². The van der Waals surface area contributed by atoms with Crippen molar-refractivity contribution in [2.24, 2.45) is 16.2 Å². The summed E-state index contributed by atoms with van der Waals surface area (Å²) >= 11 is 0. The second kappa shape index (κ2) is 4.24. The lowest BCUT2D eigenvalue weighted by molar-refractivity contribution is -0.0450. The van der Waals surface area contributed by atoms with E-state index in [1.54, 1.807) is 0 Å². The summed E-state index contributed by atoms with van der Waals surface area (Å²) in [4.78, 5) is 0. The Morgan fingerprint density at radius 3 is 1.00 bits per heavy atom. The maximum Gasteiger partial charge on any atom is -0.0226 e. The molecule has 0 aromatic heterocycles. The number of hydrogen-bond acceptors (Lipinski definition) is 0. The minimum Gasteiger partial charge on any atom is -0.0649 e. The first kappa shape index (κ1) is 14.0. The SMILES string of the molecule is CCC(C)(C)C(C)(CC)C(C)(C)CC. The summed E-state index contributed by atoms with van der Waals surface area (Å²) in [6.45, 7) is 19.2. The molecule has 86 valence electrons. The smallest absolute Gasteiger partial charge is 0.0226 e. The molecule has 0 spiro atoms. The molecular formula is C14H30. The first-order chi connectivity index (χ1) is 6.18. The summed E-state index contributed by atoms with van der Waals surface area (Å²) in [5.41, 5.74) is 1.30. The van der Waals surface area contributed by atoms with Gasteiger partial charge < -0.3 is 0 Å². The molecular weight excluding hydrogens is 168 g/mol. The maximum absolute atomic E-state index is 2.47. The molecule has 0 heteroatoms. The van der Waals surface area contributed by atoms with Gasteiger partial charge in [-0.15, -0.1) is 0 Å². The second-order valence-electron chi connectivity index (χ2n) is 6.16. The van der Waals surface area contributed by atoms with Crippen molar-refractivity contribution < 1.29 is 0 Å². The van der Waals surface area contributed by atoms with Crippen LogP contribution < -0.4 is 0 Å². The summed E-state index contributed by atoms with van der Waals surface area (Å²) in [5.74, 6) is 0. The molecule has 0 fully saturated rings. The average Bonchev–Trinajstić information content (AvgIpc) is 2.15. The van der Waals surface area contributed by atoms with Crippen molar-refractivity contribution in [1.29, 1.82) is 0 Å². The van der Waals surface area contributed by atoms with Crippen LogP contribution in [0.1, 0.15) is 74.7 Å².